The lowest BCUT2D eigenvalue weighted by atomic mass is 10.3. The molecule has 0 atom stereocenters. The van der Waals surface area contributed by atoms with Gasteiger partial charge >= 0.3 is 10.2 Å². The van der Waals surface area contributed by atoms with Crippen LogP contribution < -0.4 is 5.56 Å². The first-order chi connectivity index (χ1) is 8.40. The van der Waals surface area contributed by atoms with Gasteiger partial charge in [-0.05, 0) is 12.5 Å². The van der Waals surface area contributed by atoms with E-state index in [2.05, 4.69) is 4.98 Å². The van der Waals surface area contributed by atoms with Crippen molar-refractivity contribution in [1.82, 2.24) is 9.55 Å². The minimum atomic E-state index is -4.58. The highest BCUT2D eigenvalue weighted by Gasteiger charge is 2.11. The Bertz CT molecular complexity index is 733. The first kappa shape index (κ1) is 13.2. The van der Waals surface area contributed by atoms with E-state index >= 15 is 0 Å². The third kappa shape index (κ3) is 2.75. The number of halogens is 1. The number of fused-ring (bicyclic) bond motifs is 1. The fourth-order valence-corrected chi connectivity index (χ4v) is 2.89. The fourth-order valence-electron chi connectivity index (χ4n) is 1.55. The van der Waals surface area contributed by atoms with Gasteiger partial charge in [0.25, 0.3) is 5.56 Å². The van der Waals surface area contributed by atoms with Crippen LogP contribution in [0.5, 0.6) is 0 Å². The van der Waals surface area contributed by atoms with E-state index in [4.69, 9.17) is 0 Å². The summed E-state index contributed by atoms with van der Waals surface area (Å²) in [6, 6.07) is 1.75. The Morgan fingerprint density at radius 3 is 2.83 bits per heavy atom. The average molecular weight is 290 g/mol. The standard InChI is InChI=1S/C10H11FN2O3S2/c1-2-7-5-8-9(17-7)12-6-13(10(8)14)3-4-18(11,15)16/h5-6H,2-4H2,1H3. The molecule has 0 N–H and O–H groups in total. The molecule has 0 amide bonds. The summed E-state index contributed by atoms with van der Waals surface area (Å²) in [5, 5.41) is 0.454. The van der Waals surface area contributed by atoms with Crippen LogP contribution in [0, 0.1) is 0 Å². The second-order valence-corrected chi connectivity index (χ2v) is 6.37. The molecular weight excluding hydrogens is 279 g/mol. The highest BCUT2D eigenvalue weighted by molar-refractivity contribution is 7.86. The summed E-state index contributed by atoms with van der Waals surface area (Å²) < 4.78 is 34.4. The van der Waals surface area contributed by atoms with Gasteiger partial charge < -0.3 is 0 Å². The monoisotopic (exact) mass is 290 g/mol. The second kappa shape index (κ2) is 4.77. The SMILES string of the molecule is CCc1cc2c(=O)n(CCS(=O)(=O)F)cnc2s1. The Morgan fingerprint density at radius 2 is 2.22 bits per heavy atom. The van der Waals surface area contributed by atoms with Gasteiger partial charge in [-0.25, -0.2) is 4.98 Å². The molecule has 2 heterocycles. The molecule has 2 aromatic rings. The van der Waals surface area contributed by atoms with Gasteiger partial charge in [0.2, 0.25) is 0 Å². The molecule has 0 aliphatic carbocycles. The van der Waals surface area contributed by atoms with Crippen molar-refractivity contribution in [1.29, 1.82) is 0 Å². The quantitative estimate of drug-likeness (QED) is 0.796. The van der Waals surface area contributed by atoms with Gasteiger partial charge in [0.1, 0.15) is 4.83 Å². The summed E-state index contributed by atoms with van der Waals surface area (Å²) in [6.07, 6.45) is 2.06. The van der Waals surface area contributed by atoms with Crippen LogP contribution in [0.15, 0.2) is 17.2 Å². The number of hydrogen-bond donors (Lipinski definition) is 0. The molecule has 98 valence electrons. The Kier molecular flexibility index (Phi) is 3.49. The van der Waals surface area contributed by atoms with Gasteiger partial charge in [-0.15, -0.1) is 15.2 Å². The minimum Gasteiger partial charge on any atom is -0.298 e. The lowest BCUT2D eigenvalue weighted by molar-refractivity contribution is 0.544. The predicted octanol–water partition coefficient (Wildman–Crippen LogP) is 1.32. The average Bonchev–Trinajstić information content (AvgIpc) is 2.71. The van der Waals surface area contributed by atoms with E-state index in [-0.39, 0.29) is 12.1 Å². The van der Waals surface area contributed by atoms with Crippen LogP contribution in [0.3, 0.4) is 0 Å². The van der Waals surface area contributed by atoms with Gasteiger partial charge in [-0.1, -0.05) is 6.92 Å². The summed E-state index contributed by atoms with van der Waals surface area (Å²) in [7, 11) is -4.58. The van der Waals surface area contributed by atoms with E-state index in [1.54, 1.807) is 6.07 Å². The zero-order chi connectivity index (χ0) is 13.3. The maximum absolute atomic E-state index is 12.4. The molecule has 5 nitrogen and oxygen atoms in total. The van der Waals surface area contributed by atoms with Gasteiger partial charge in [0.05, 0.1) is 17.5 Å². The Balaban J connectivity index is 2.41. The lowest BCUT2D eigenvalue weighted by Crippen LogP contribution is -2.23. The normalized spacial score (nSPS) is 12.1. The smallest absolute Gasteiger partial charge is 0.298 e. The van der Waals surface area contributed by atoms with E-state index < -0.39 is 16.0 Å². The van der Waals surface area contributed by atoms with E-state index in [1.165, 1.54) is 17.7 Å². The van der Waals surface area contributed by atoms with Crippen LogP contribution in [-0.2, 0) is 23.2 Å². The Labute approximate surface area is 107 Å². The molecule has 0 bridgehead atoms. The summed E-state index contributed by atoms with van der Waals surface area (Å²) in [5.74, 6) is -0.717. The largest absolute Gasteiger partial charge is 0.304 e. The topological polar surface area (TPSA) is 69.0 Å². The molecule has 0 saturated heterocycles. The van der Waals surface area contributed by atoms with E-state index in [9.17, 15) is 17.1 Å². The summed E-state index contributed by atoms with van der Waals surface area (Å²) in [6.45, 7) is 1.75. The molecule has 0 aromatic carbocycles. The lowest BCUT2D eigenvalue weighted by Gasteiger charge is -2.02. The molecule has 0 radical (unpaired) electrons. The summed E-state index contributed by atoms with van der Waals surface area (Å²) in [5.41, 5.74) is -0.334. The highest BCUT2D eigenvalue weighted by Crippen LogP contribution is 2.20. The summed E-state index contributed by atoms with van der Waals surface area (Å²) >= 11 is 1.43. The van der Waals surface area contributed by atoms with Crippen LogP contribution >= 0.6 is 11.3 Å². The van der Waals surface area contributed by atoms with Gasteiger partial charge in [0.15, 0.2) is 0 Å². The molecule has 2 aromatic heterocycles. The van der Waals surface area contributed by atoms with Gasteiger partial charge in [0, 0.05) is 11.4 Å². The highest BCUT2D eigenvalue weighted by atomic mass is 32.3. The molecule has 0 aliphatic heterocycles. The Morgan fingerprint density at radius 1 is 1.50 bits per heavy atom. The number of nitrogens with zero attached hydrogens (tertiary/aromatic N) is 2. The van der Waals surface area contributed by atoms with Crippen molar-refractivity contribution in [3.05, 3.63) is 27.6 Å². The predicted molar refractivity (Wildman–Crippen MR) is 68.2 cm³/mol. The minimum absolute atomic E-state index is 0.224. The first-order valence-electron chi connectivity index (χ1n) is 5.31. The van der Waals surface area contributed by atoms with Crippen LogP contribution in [0.4, 0.5) is 3.89 Å². The maximum atomic E-state index is 12.4. The van der Waals surface area contributed by atoms with Crippen LogP contribution in [-0.4, -0.2) is 23.7 Å². The molecular formula is C10H11FN2O3S2. The molecule has 18 heavy (non-hydrogen) atoms. The van der Waals surface area contributed by atoms with Crippen molar-refractivity contribution in [2.75, 3.05) is 5.75 Å². The molecule has 0 aliphatic rings. The molecule has 2 rings (SSSR count). The van der Waals surface area contributed by atoms with Crippen molar-refractivity contribution >= 4 is 31.8 Å². The Hall–Kier alpha value is -1.28. The van der Waals surface area contributed by atoms with E-state index in [0.717, 1.165) is 15.9 Å². The third-order valence-corrected chi connectivity index (χ3v) is 4.35. The zero-order valence-corrected chi connectivity index (χ0v) is 11.2. The number of aromatic nitrogens is 2. The molecule has 0 spiro atoms. The van der Waals surface area contributed by atoms with Crippen molar-refractivity contribution in [3.63, 3.8) is 0 Å². The van der Waals surface area contributed by atoms with E-state index in [1.807, 2.05) is 6.92 Å². The van der Waals surface area contributed by atoms with Crippen LogP contribution in [0.1, 0.15) is 11.8 Å². The third-order valence-electron chi connectivity index (χ3n) is 2.49. The molecule has 0 unspecified atom stereocenters. The molecule has 0 fully saturated rings. The van der Waals surface area contributed by atoms with Crippen molar-refractivity contribution in [3.8, 4) is 0 Å². The van der Waals surface area contributed by atoms with Crippen molar-refractivity contribution in [2.24, 2.45) is 0 Å². The van der Waals surface area contributed by atoms with E-state index in [0.29, 0.717) is 10.2 Å². The van der Waals surface area contributed by atoms with Gasteiger partial charge in [-0.2, -0.15) is 8.42 Å². The van der Waals surface area contributed by atoms with Gasteiger partial charge in [-0.3, -0.25) is 9.36 Å². The van der Waals surface area contributed by atoms with Crippen molar-refractivity contribution in [2.45, 2.75) is 19.9 Å². The summed E-state index contributed by atoms with van der Waals surface area (Å²) in [4.78, 5) is 17.7. The molecule has 0 saturated carbocycles. The van der Waals surface area contributed by atoms with Crippen LogP contribution in [0.2, 0.25) is 0 Å². The second-order valence-electron chi connectivity index (χ2n) is 3.77. The number of aryl methyl sites for hydroxylation is 2. The van der Waals surface area contributed by atoms with Crippen molar-refractivity contribution < 1.29 is 12.3 Å². The number of hydrogen-bond acceptors (Lipinski definition) is 5. The van der Waals surface area contributed by atoms with Crippen LogP contribution in [0.25, 0.3) is 10.2 Å². The molecule has 8 heteroatoms. The number of rotatable bonds is 4. The zero-order valence-electron chi connectivity index (χ0n) is 9.59. The number of thiophene rings is 1. The maximum Gasteiger partial charge on any atom is 0.304 e. The fraction of sp³-hybridized carbons (Fsp3) is 0.400. The first-order valence-corrected chi connectivity index (χ1v) is 7.68.